The number of hydrogen-bond donors (Lipinski definition) is 1. The normalized spacial score (nSPS) is 12.4. The van der Waals surface area contributed by atoms with E-state index >= 15 is 0 Å². The first-order valence-corrected chi connectivity index (χ1v) is 7.94. The maximum absolute atomic E-state index is 12.8. The Kier molecular flexibility index (Phi) is 4.42. The number of para-hydroxylation sites is 2. The molecule has 4 heteroatoms. The molecule has 0 radical (unpaired) electrons. The van der Waals surface area contributed by atoms with Gasteiger partial charge >= 0.3 is 0 Å². The number of fused-ring (bicyclic) bond motifs is 2. The van der Waals surface area contributed by atoms with Gasteiger partial charge in [-0.2, -0.15) is 0 Å². The first-order valence-electron chi connectivity index (χ1n) is 7.94. The van der Waals surface area contributed by atoms with Gasteiger partial charge in [0.15, 0.2) is 0 Å². The van der Waals surface area contributed by atoms with Gasteiger partial charge in [-0.15, -0.1) is 0 Å². The second-order valence-electron chi connectivity index (χ2n) is 5.84. The van der Waals surface area contributed by atoms with Gasteiger partial charge in [0.2, 0.25) is 11.8 Å². The van der Waals surface area contributed by atoms with Crippen LogP contribution in [0.25, 0.3) is 0 Å². The largest absolute Gasteiger partial charge is 0.370 e. The van der Waals surface area contributed by atoms with Crippen molar-refractivity contribution in [1.29, 1.82) is 0 Å². The minimum atomic E-state index is -0.314. The lowest BCUT2D eigenvalue weighted by atomic mass is 9.95. The molecule has 1 aliphatic rings. The van der Waals surface area contributed by atoms with E-state index in [1.54, 1.807) is 0 Å². The van der Waals surface area contributed by atoms with E-state index in [1.165, 1.54) is 0 Å². The summed E-state index contributed by atoms with van der Waals surface area (Å²) in [6.07, 6.45) is 2.91. The number of unbranched alkanes of at least 4 members (excludes halogenated alkanes) is 1. The van der Waals surface area contributed by atoms with Crippen LogP contribution in [0.1, 0.15) is 36.8 Å². The average Bonchev–Trinajstić information content (AvgIpc) is 2.56. The van der Waals surface area contributed by atoms with Gasteiger partial charge in [0.25, 0.3) is 0 Å². The monoisotopic (exact) mass is 308 g/mol. The van der Waals surface area contributed by atoms with E-state index in [0.29, 0.717) is 25.7 Å². The van der Waals surface area contributed by atoms with Gasteiger partial charge < -0.3 is 5.73 Å². The van der Waals surface area contributed by atoms with Crippen molar-refractivity contribution in [3.8, 4) is 0 Å². The highest BCUT2D eigenvalue weighted by Crippen LogP contribution is 2.38. The number of hydrogen-bond acceptors (Lipinski definition) is 2. The molecule has 1 aliphatic heterocycles. The van der Waals surface area contributed by atoms with Crippen molar-refractivity contribution in [3.05, 3.63) is 59.7 Å². The summed E-state index contributed by atoms with van der Waals surface area (Å²) < 4.78 is 0. The molecule has 23 heavy (non-hydrogen) atoms. The Hall–Kier alpha value is -2.62. The number of amides is 2. The molecular weight excluding hydrogens is 288 g/mol. The average molecular weight is 308 g/mol. The molecule has 0 fully saturated rings. The van der Waals surface area contributed by atoms with Crippen LogP contribution < -0.4 is 10.6 Å². The van der Waals surface area contributed by atoms with Gasteiger partial charge in [-0.3, -0.25) is 14.5 Å². The molecule has 2 amide bonds. The second-order valence-corrected chi connectivity index (χ2v) is 5.84. The van der Waals surface area contributed by atoms with Gasteiger partial charge in [0.1, 0.15) is 0 Å². The van der Waals surface area contributed by atoms with Crippen molar-refractivity contribution in [2.75, 3.05) is 4.90 Å². The third kappa shape index (κ3) is 3.26. The zero-order valence-corrected chi connectivity index (χ0v) is 13.0. The maximum atomic E-state index is 12.8. The van der Waals surface area contributed by atoms with Gasteiger partial charge in [-0.05, 0) is 36.1 Å². The van der Waals surface area contributed by atoms with E-state index in [1.807, 2.05) is 41.3 Å². The van der Waals surface area contributed by atoms with Crippen LogP contribution >= 0.6 is 0 Å². The van der Waals surface area contributed by atoms with E-state index in [2.05, 4.69) is 12.1 Å². The molecule has 0 aromatic heterocycles. The summed E-state index contributed by atoms with van der Waals surface area (Å²) >= 11 is 0. The van der Waals surface area contributed by atoms with Crippen LogP contribution in [0.4, 0.5) is 11.4 Å². The molecule has 1 heterocycles. The molecule has 0 atom stereocenters. The highest BCUT2D eigenvalue weighted by molar-refractivity contribution is 6.03. The molecule has 0 bridgehead atoms. The summed E-state index contributed by atoms with van der Waals surface area (Å²) in [5.74, 6) is -0.250. The van der Waals surface area contributed by atoms with E-state index in [4.69, 9.17) is 5.73 Å². The lowest BCUT2D eigenvalue weighted by Crippen LogP contribution is -2.30. The Labute approximate surface area is 135 Å². The molecular formula is C19H20N2O2. The van der Waals surface area contributed by atoms with Crippen molar-refractivity contribution in [3.63, 3.8) is 0 Å². The first kappa shape index (κ1) is 15.3. The van der Waals surface area contributed by atoms with Crippen LogP contribution in [0.2, 0.25) is 0 Å². The van der Waals surface area contributed by atoms with Gasteiger partial charge in [-0.1, -0.05) is 36.4 Å². The zero-order valence-electron chi connectivity index (χ0n) is 13.0. The predicted octanol–water partition coefficient (Wildman–Crippen LogP) is 3.30. The summed E-state index contributed by atoms with van der Waals surface area (Å²) in [5.41, 5.74) is 9.40. The lowest BCUT2D eigenvalue weighted by Gasteiger charge is -2.31. The van der Waals surface area contributed by atoms with Gasteiger partial charge in [0, 0.05) is 19.3 Å². The Morgan fingerprint density at radius 1 is 0.870 bits per heavy atom. The molecule has 2 aromatic carbocycles. The number of carbonyl (C=O) groups excluding carboxylic acids is 2. The van der Waals surface area contributed by atoms with E-state index in [-0.39, 0.29) is 11.8 Å². The summed E-state index contributed by atoms with van der Waals surface area (Å²) in [6, 6.07) is 16.0. The van der Waals surface area contributed by atoms with E-state index in [0.717, 1.165) is 28.9 Å². The third-order valence-corrected chi connectivity index (χ3v) is 4.16. The molecule has 0 saturated carbocycles. The molecule has 3 rings (SSSR count). The Bertz CT molecular complexity index is 694. The molecule has 0 spiro atoms. The smallest absolute Gasteiger partial charge is 0.231 e. The summed E-state index contributed by atoms with van der Waals surface area (Å²) in [4.78, 5) is 25.4. The number of primary amides is 1. The number of nitrogens with two attached hydrogens (primary N) is 1. The Morgan fingerprint density at radius 2 is 1.39 bits per heavy atom. The van der Waals surface area contributed by atoms with Crippen LogP contribution in [0.15, 0.2) is 48.5 Å². The molecule has 0 aliphatic carbocycles. The number of benzene rings is 2. The van der Waals surface area contributed by atoms with Crippen molar-refractivity contribution in [1.82, 2.24) is 0 Å². The van der Waals surface area contributed by atoms with Crippen LogP contribution in [-0.2, 0) is 16.0 Å². The molecule has 4 nitrogen and oxygen atoms in total. The van der Waals surface area contributed by atoms with E-state index < -0.39 is 0 Å². The minimum absolute atomic E-state index is 0.0640. The SMILES string of the molecule is NC(=O)CCCCC(=O)N1c2ccccc2Cc2ccccc21. The van der Waals surface area contributed by atoms with Crippen molar-refractivity contribution >= 4 is 23.2 Å². The fourth-order valence-electron chi connectivity index (χ4n) is 3.05. The second kappa shape index (κ2) is 6.65. The number of anilines is 2. The third-order valence-electron chi connectivity index (χ3n) is 4.16. The Morgan fingerprint density at radius 3 is 1.96 bits per heavy atom. The summed E-state index contributed by atoms with van der Waals surface area (Å²) in [5, 5.41) is 0. The fraction of sp³-hybridized carbons (Fsp3) is 0.263. The van der Waals surface area contributed by atoms with Crippen LogP contribution in [0.5, 0.6) is 0 Å². The summed E-state index contributed by atoms with van der Waals surface area (Å²) in [6.45, 7) is 0. The van der Waals surface area contributed by atoms with Crippen LogP contribution in [0.3, 0.4) is 0 Å². The topological polar surface area (TPSA) is 63.4 Å². The van der Waals surface area contributed by atoms with Crippen molar-refractivity contribution < 1.29 is 9.59 Å². The first-order chi connectivity index (χ1) is 11.2. The highest BCUT2D eigenvalue weighted by atomic mass is 16.2. The van der Waals surface area contributed by atoms with Crippen LogP contribution in [0, 0.1) is 0 Å². The minimum Gasteiger partial charge on any atom is -0.370 e. The highest BCUT2D eigenvalue weighted by Gasteiger charge is 2.26. The predicted molar refractivity (Wildman–Crippen MR) is 90.5 cm³/mol. The molecule has 2 N–H and O–H groups in total. The summed E-state index contributed by atoms with van der Waals surface area (Å²) in [7, 11) is 0. The van der Waals surface area contributed by atoms with Gasteiger partial charge in [0.05, 0.1) is 11.4 Å². The fourth-order valence-corrected chi connectivity index (χ4v) is 3.05. The molecule has 0 unspecified atom stereocenters. The molecule has 2 aromatic rings. The quantitative estimate of drug-likeness (QED) is 0.861. The van der Waals surface area contributed by atoms with Crippen LogP contribution in [-0.4, -0.2) is 11.8 Å². The Balaban J connectivity index is 1.83. The molecule has 0 saturated heterocycles. The number of rotatable bonds is 5. The zero-order chi connectivity index (χ0) is 16.2. The van der Waals surface area contributed by atoms with Crippen molar-refractivity contribution in [2.24, 2.45) is 5.73 Å². The van der Waals surface area contributed by atoms with Gasteiger partial charge in [-0.25, -0.2) is 0 Å². The van der Waals surface area contributed by atoms with E-state index in [9.17, 15) is 9.59 Å². The maximum Gasteiger partial charge on any atom is 0.231 e. The lowest BCUT2D eigenvalue weighted by molar-refractivity contribution is -0.119. The number of carbonyl (C=O) groups is 2. The standard InChI is InChI=1S/C19H20N2O2/c20-18(22)11-5-6-12-19(23)21-16-9-3-1-7-14(16)13-15-8-2-4-10-17(15)21/h1-4,7-10H,5-6,11-13H2,(H2,20,22). The molecule has 118 valence electrons. The number of nitrogens with zero attached hydrogens (tertiary/aromatic N) is 1. The van der Waals surface area contributed by atoms with Crippen molar-refractivity contribution in [2.45, 2.75) is 32.1 Å².